The molecule has 0 atom stereocenters. The minimum Gasteiger partial charge on any atom is -0.476 e. The summed E-state index contributed by atoms with van der Waals surface area (Å²) in [5.41, 5.74) is 2.52. The summed E-state index contributed by atoms with van der Waals surface area (Å²) in [5, 5.41) is 22.2. The van der Waals surface area contributed by atoms with Gasteiger partial charge in [0, 0.05) is 22.8 Å². The van der Waals surface area contributed by atoms with Crippen LogP contribution in [0.15, 0.2) is 28.9 Å². The van der Waals surface area contributed by atoms with Gasteiger partial charge < -0.3 is 10.2 Å². The highest BCUT2D eigenvalue weighted by Gasteiger charge is 2.16. The van der Waals surface area contributed by atoms with E-state index in [0.717, 1.165) is 15.7 Å². The first-order valence-corrected chi connectivity index (χ1v) is 7.01. The van der Waals surface area contributed by atoms with Crippen LogP contribution < -0.4 is 0 Å². The number of nitrogens with zero attached hydrogens (tertiary/aromatic N) is 2. The first-order chi connectivity index (χ1) is 9.51. The Hall–Kier alpha value is -1.66. The maximum Gasteiger partial charge on any atom is 0.356 e. The number of carbonyl (C=O) groups is 1. The molecule has 0 unspecified atom stereocenters. The van der Waals surface area contributed by atoms with E-state index in [4.69, 9.17) is 5.11 Å². The summed E-state index contributed by atoms with van der Waals surface area (Å²) in [6.07, 6.45) is 2.72. The van der Waals surface area contributed by atoms with Crippen molar-refractivity contribution in [3.63, 3.8) is 0 Å². The first-order valence-electron chi connectivity index (χ1n) is 6.21. The molecule has 0 aliphatic carbocycles. The topological polar surface area (TPSA) is 75.4 Å². The Labute approximate surface area is 125 Å². The van der Waals surface area contributed by atoms with Gasteiger partial charge in [-0.05, 0) is 43.5 Å². The number of hydrogen-bond acceptors (Lipinski definition) is 3. The zero-order valence-corrected chi connectivity index (χ0v) is 12.6. The standard InChI is InChI=1S/C14H15BrN2O3/c1-9-5-11(15)7-12(6-9)17-8-10(3-2-4-18)13(16-17)14(19)20/h5-8,18H,2-4H2,1H3,(H,19,20). The van der Waals surface area contributed by atoms with Gasteiger partial charge in [-0.15, -0.1) is 0 Å². The van der Waals surface area contributed by atoms with E-state index in [1.807, 2.05) is 25.1 Å². The second-order valence-electron chi connectivity index (χ2n) is 4.57. The molecule has 0 radical (unpaired) electrons. The number of aliphatic hydroxyl groups is 1. The van der Waals surface area contributed by atoms with E-state index >= 15 is 0 Å². The van der Waals surface area contributed by atoms with Crippen molar-refractivity contribution in [1.29, 1.82) is 0 Å². The molecule has 0 bridgehead atoms. The first kappa shape index (κ1) is 14.7. The quantitative estimate of drug-likeness (QED) is 0.878. The average molecular weight is 339 g/mol. The van der Waals surface area contributed by atoms with Gasteiger partial charge in [0.15, 0.2) is 5.69 Å². The van der Waals surface area contributed by atoms with Crippen LogP contribution in [0.2, 0.25) is 0 Å². The van der Waals surface area contributed by atoms with Gasteiger partial charge in [0.05, 0.1) is 5.69 Å². The number of aryl methyl sites for hydroxylation is 2. The van der Waals surface area contributed by atoms with Gasteiger partial charge in [-0.25, -0.2) is 9.48 Å². The number of aromatic carboxylic acids is 1. The molecule has 1 aromatic heterocycles. The summed E-state index contributed by atoms with van der Waals surface area (Å²) in [6, 6.07) is 5.78. The lowest BCUT2D eigenvalue weighted by Crippen LogP contribution is -2.03. The van der Waals surface area contributed by atoms with Crippen LogP contribution in [0.1, 0.15) is 28.0 Å². The van der Waals surface area contributed by atoms with E-state index in [2.05, 4.69) is 21.0 Å². The molecule has 0 aliphatic rings. The number of rotatable bonds is 5. The monoisotopic (exact) mass is 338 g/mol. The van der Waals surface area contributed by atoms with Crippen molar-refractivity contribution >= 4 is 21.9 Å². The van der Waals surface area contributed by atoms with E-state index < -0.39 is 5.97 Å². The molecule has 0 fully saturated rings. The lowest BCUT2D eigenvalue weighted by Gasteiger charge is -2.03. The van der Waals surface area contributed by atoms with Crippen LogP contribution in [0, 0.1) is 6.92 Å². The van der Waals surface area contributed by atoms with E-state index in [1.54, 1.807) is 10.9 Å². The maximum absolute atomic E-state index is 11.2. The average Bonchev–Trinajstić information content (AvgIpc) is 2.79. The van der Waals surface area contributed by atoms with Crippen molar-refractivity contribution < 1.29 is 15.0 Å². The fourth-order valence-electron chi connectivity index (χ4n) is 2.02. The molecule has 0 saturated heterocycles. The van der Waals surface area contributed by atoms with Crippen molar-refractivity contribution in [2.75, 3.05) is 6.61 Å². The number of hydrogen-bond donors (Lipinski definition) is 2. The number of carboxylic acids is 1. The fourth-order valence-corrected chi connectivity index (χ4v) is 2.62. The highest BCUT2D eigenvalue weighted by atomic mass is 79.9. The molecule has 2 rings (SSSR count). The third-order valence-electron chi connectivity index (χ3n) is 2.89. The minimum absolute atomic E-state index is 0.0280. The molecule has 0 aliphatic heterocycles. The molecule has 0 saturated carbocycles. The van der Waals surface area contributed by atoms with Crippen LogP contribution in [0.5, 0.6) is 0 Å². The van der Waals surface area contributed by atoms with E-state index in [1.165, 1.54) is 0 Å². The highest BCUT2D eigenvalue weighted by molar-refractivity contribution is 9.10. The molecule has 6 heteroatoms. The Balaban J connectivity index is 2.44. The molecule has 1 aromatic carbocycles. The Bertz CT molecular complexity index is 617. The zero-order chi connectivity index (χ0) is 14.7. The molecular formula is C14H15BrN2O3. The molecular weight excluding hydrogens is 324 g/mol. The smallest absolute Gasteiger partial charge is 0.356 e. The predicted octanol–water partition coefficient (Wildman–Crippen LogP) is 2.57. The van der Waals surface area contributed by atoms with Crippen molar-refractivity contribution in [3.8, 4) is 5.69 Å². The molecule has 20 heavy (non-hydrogen) atoms. The Morgan fingerprint density at radius 2 is 2.15 bits per heavy atom. The molecule has 5 nitrogen and oxygen atoms in total. The van der Waals surface area contributed by atoms with Crippen molar-refractivity contribution in [2.45, 2.75) is 19.8 Å². The van der Waals surface area contributed by atoms with Crippen LogP contribution in [-0.2, 0) is 6.42 Å². The lowest BCUT2D eigenvalue weighted by molar-refractivity contribution is 0.0688. The summed E-state index contributed by atoms with van der Waals surface area (Å²) in [4.78, 5) is 11.2. The van der Waals surface area contributed by atoms with Crippen LogP contribution in [0.3, 0.4) is 0 Å². The predicted molar refractivity (Wildman–Crippen MR) is 78.4 cm³/mol. The third kappa shape index (κ3) is 3.26. The molecule has 106 valence electrons. The Morgan fingerprint density at radius 1 is 1.40 bits per heavy atom. The number of halogens is 1. The Kier molecular flexibility index (Phi) is 4.57. The van der Waals surface area contributed by atoms with Crippen LogP contribution in [-0.4, -0.2) is 32.6 Å². The van der Waals surface area contributed by atoms with Gasteiger partial charge in [-0.3, -0.25) is 0 Å². The zero-order valence-electron chi connectivity index (χ0n) is 11.0. The summed E-state index contributed by atoms with van der Waals surface area (Å²) >= 11 is 3.42. The van der Waals surface area contributed by atoms with Crippen molar-refractivity contribution in [3.05, 3.63) is 45.7 Å². The normalized spacial score (nSPS) is 10.8. The molecule has 0 spiro atoms. The summed E-state index contributed by atoms with van der Waals surface area (Å²) in [6.45, 7) is 1.99. The maximum atomic E-state index is 11.2. The van der Waals surface area contributed by atoms with Gasteiger partial charge in [0.25, 0.3) is 0 Å². The number of aromatic nitrogens is 2. The molecule has 1 heterocycles. The van der Waals surface area contributed by atoms with Crippen LogP contribution >= 0.6 is 15.9 Å². The highest BCUT2D eigenvalue weighted by Crippen LogP contribution is 2.20. The number of carboxylic acid groups (broad SMARTS) is 1. The Morgan fingerprint density at radius 3 is 2.75 bits per heavy atom. The van der Waals surface area contributed by atoms with Gasteiger partial charge in [0.1, 0.15) is 0 Å². The SMILES string of the molecule is Cc1cc(Br)cc(-n2cc(CCCO)c(C(=O)O)n2)c1. The van der Waals surface area contributed by atoms with Crippen molar-refractivity contribution in [2.24, 2.45) is 0 Å². The van der Waals surface area contributed by atoms with Gasteiger partial charge in [-0.1, -0.05) is 15.9 Å². The largest absolute Gasteiger partial charge is 0.476 e. The second kappa shape index (κ2) is 6.19. The number of aliphatic hydroxyl groups excluding tert-OH is 1. The van der Waals surface area contributed by atoms with Gasteiger partial charge >= 0.3 is 5.97 Å². The van der Waals surface area contributed by atoms with E-state index in [9.17, 15) is 9.90 Å². The third-order valence-corrected chi connectivity index (χ3v) is 3.35. The number of benzene rings is 1. The van der Waals surface area contributed by atoms with Crippen molar-refractivity contribution in [1.82, 2.24) is 9.78 Å². The van der Waals surface area contributed by atoms with Crippen LogP contribution in [0.25, 0.3) is 5.69 Å². The summed E-state index contributed by atoms with van der Waals surface area (Å²) in [5.74, 6) is -1.05. The van der Waals surface area contributed by atoms with Gasteiger partial charge in [0.2, 0.25) is 0 Å². The lowest BCUT2D eigenvalue weighted by atomic mass is 10.1. The fraction of sp³-hybridized carbons (Fsp3) is 0.286. The van der Waals surface area contributed by atoms with E-state index in [0.29, 0.717) is 18.4 Å². The summed E-state index contributed by atoms with van der Waals surface area (Å²) in [7, 11) is 0. The summed E-state index contributed by atoms with van der Waals surface area (Å²) < 4.78 is 2.48. The van der Waals surface area contributed by atoms with Gasteiger partial charge in [-0.2, -0.15) is 5.10 Å². The molecule has 2 aromatic rings. The molecule has 2 N–H and O–H groups in total. The minimum atomic E-state index is -1.05. The van der Waals surface area contributed by atoms with Crippen LogP contribution in [0.4, 0.5) is 0 Å². The molecule has 0 amide bonds. The van der Waals surface area contributed by atoms with E-state index in [-0.39, 0.29) is 12.3 Å². The second-order valence-corrected chi connectivity index (χ2v) is 5.48.